The zero-order valence-electron chi connectivity index (χ0n) is 12.3. The van der Waals surface area contributed by atoms with Gasteiger partial charge in [-0.1, -0.05) is 31.2 Å². The van der Waals surface area contributed by atoms with Crippen molar-refractivity contribution in [1.29, 1.82) is 0 Å². The molecule has 4 nitrogen and oxygen atoms in total. The fraction of sp³-hybridized carbons (Fsp3) is 0.562. The number of carbonyl (C=O) groups excluding carboxylic acids is 1. The van der Waals surface area contributed by atoms with Gasteiger partial charge < -0.3 is 15.4 Å². The Balaban J connectivity index is 1.79. The zero-order valence-corrected chi connectivity index (χ0v) is 12.3. The van der Waals surface area contributed by atoms with Crippen molar-refractivity contribution in [2.24, 2.45) is 5.92 Å². The lowest BCUT2D eigenvalue weighted by atomic mass is 10.0. The minimum Gasteiger partial charge on any atom is -0.379 e. The predicted octanol–water partition coefficient (Wildman–Crippen LogP) is 1.28. The van der Waals surface area contributed by atoms with Crippen molar-refractivity contribution < 1.29 is 9.53 Å². The molecule has 0 saturated carbocycles. The lowest BCUT2D eigenvalue weighted by Gasteiger charge is -2.18. The van der Waals surface area contributed by atoms with E-state index in [9.17, 15) is 4.79 Å². The summed E-state index contributed by atoms with van der Waals surface area (Å²) < 4.78 is 5.40. The second-order valence-corrected chi connectivity index (χ2v) is 5.28. The van der Waals surface area contributed by atoms with Crippen molar-refractivity contribution >= 4 is 5.91 Å². The van der Waals surface area contributed by atoms with Gasteiger partial charge in [0.05, 0.1) is 19.1 Å². The lowest BCUT2D eigenvalue weighted by molar-refractivity contribution is -0.125. The average Bonchev–Trinajstić information content (AvgIpc) is 2.89. The van der Waals surface area contributed by atoms with Gasteiger partial charge in [0.2, 0.25) is 5.91 Å². The molecule has 2 rings (SSSR count). The van der Waals surface area contributed by atoms with E-state index in [1.54, 1.807) is 0 Å². The van der Waals surface area contributed by atoms with Gasteiger partial charge in [-0.15, -0.1) is 0 Å². The number of amides is 1. The maximum Gasteiger partial charge on any atom is 0.227 e. The van der Waals surface area contributed by atoms with E-state index in [2.05, 4.69) is 29.7 Å². The maximum atomic E-state index is 12.2. The maximum absolute atomic E-state index is 12.2. The van der Waals surface area contributed by atoms with Gasteiger partial charge in [-0.05, 0) is 31.0 Å². The molecule has 2 N–H and O–H groups in total. The summed E-state index contributed by atoms with van der Waals surface area (Å²) in [4.78, 5) is 12.2. The Hall–Kier alpha value is -1.39. The molecular formula is C16H24N2O2. The molecule has 1 saturated heterocycles. The summed E-state index contributed by atoms with van der Waals surface area (Å²) in [5.41, 5.74) is 2.56. The summed E-state index contributed by atoms with van der Waals surface area (Å²) in [5, 5.41) is 6.34. The highest BCUT2D eigenvalue weighted by molar-refractivity contribution is 5.79. The smallest absolute Gasteiger partial charge is 0.227 e. The first-order valence-electron chi connectivity index (χ1n) is 7.35. The molecule has 0 radical (unpaired) electrons. The van der Waals surface area contributed by atoms with Crippen LogP contribution >= 0.6 is 0 Å². The second kappa shape index (κ2) is 7.41. The third-order valence-electron chi connectivity index (χ3n) is 3.84. The van der Waals surface area contributed by atoms with Crippen LogP contribution in [-0.4, -0.2) is 38.3 Å². The van der Waals surface area contributed by atoms with Crippen molar-refractivity contribution in [3.05, 3.63) is 35.4 Å². The number of likely N-dealkylation sites (N-methyl/N-ethyl adjacent to an activating group) is 1. The van der Waals surface area contributed by atoms with Gasteiger partial charge in [0.25, 0.3) is 0 Å². The van der Waals surface area contributed by atoms with Crippen LogP contribution in [0.3, 0.4) is 0 Å². The van der Waals surface area contributed by atoms with Gasteiger partial charge in [-0.25, -0.2) is 0 Å². The van der Waals surface area contributed by atoms with E-state index in [-0.39, 0.29) is 17.9 Å². The number of hydrogen-bond acceptors (Lipinski definition) is 3. The van der Waals surface area contributed by atoms with Gasteiger partial charge in [-0.3, -0.25) is 4.79 Å². The summed E-state index contributed by atoms with van der Waals surface area (Å²) >= 11 is 0. The molecule has 1 amide bonds. The largest absolute Gasteiger partial charge is 0.379 e. The normalized spacial score (nSPS) is 21.9. The van der Waals surface area contributed by atoms with Crippen LogP contribution in [0, 0.1) is 12.8 Å². The molecule has 1 fully saturated rings. The Labute approximate surface area is 120 Å². The molecule has 20 heavy (non-hydrogen) atoms. The first-order chi connectivity index (χ1) is 9.72. The number of aryl methyl sites for hydroxylation is 1. The highest BCUT2D eigenvalue weighted by atomic mass is 16.5. The summed E-state index contributed by atoms with van der Waals surface area (Å²) in [5.74, 6) is 0.0360. The van der Waals surface area contributed by atoms with Gasteiger partial charge in [0.1, 0.15) is 0 Å². The monoisotopic (exact) mass is 276 g/mol. The van der Waals surface area contributed by atoms with Crippen LogP contribution in [-0.2, 0) is 16.0 Å². The summed E-state index contributed by atoms with van der Waals surface area (Å²) in [6.07, 6.45) is 0.873. The minimum absolute atomic E-state index is 0.0631. The number of benzene rings is 1. The van der Waals surface area contributed by atoms with Crippen LogP contribution in [0.15, 0.2) is 24.3 Å². The Kier molecular flexibility index (Phi) is 5.56. The molecule has 1 aromatic rings. The number of nitrogens with one attached hydrogen (secondary N) is 2. The number of carbonyl (C=O) groups is 1. The van der Waals surface area contributed by atoms with E-state index in [1.807, 2.05) is 19.1 Å². The molecular weight excluding hydrogens is 252 g/mol. The molecule has 2 unspecified atom stereocenters. The Morgan fingerprint density at radius 2 is 2.15 bits per heavy atom. The first kappa shape index (κ1) is 15.0. The van der Waals surface area contributed by atoms with E-state index >= 15 is 0 Å². The molecule has 110 valence electrons. The van der Waals surface area contributed by atoms with E-state index in [0.717, 1.165) is 13.0 Å². The number of hydrogen-bond donors (Lipinski definition) is 2. The fourth-order valence-electron chi connectivity index (χ4n) is 2.62. The van der Waals surface area contributed by atoms with Gasteiger partial charge in [-0.2, -0.15) is 0 Å². The SMILES string of the molecule is CCNC1COCC1C(=O)NCCc1ccccc1C. The Bertz CT molecular complexity index is 448. The van der Waals surface area contributed by atoms with Crippen molar-refractivity contribution in [3.8, 4) is 0 Å². The summed E-state index contributed by atoms with van der Waals surface area (Å²) in [6, 6.07) is 8.44. The molecule has 1 aliphatic rings. The van der Waals surface area contributed by atoms with Crippen molar-refractivity contribution in [2.75, 3.05) is 26.3 Å². The van der Waals surface area contributed by atoms with E-state index < -0.39 is 0 Å². The Morgan fingerprint density at radius 3 is 2.90 bits per heavy atom. The highest BCUT2D eigenvalue weighted by Crippen LogP contribution is 2.14. The van der Waals surface area contributed by atoms with Crippen molar-refractivity contribution in [3.63, 3.8) is 0 Å². The first-order valence-corrected chi connectivity index (χ1v) is 7.35. The van der Waals surface area contributed by atoms with Crippen LogP contribution in [0.4, 0.5) is 0 Å². The third-order valence-corrected chi connectivity index (χ3v) is 3.84. The molecule has 4 heteroatoms. The van der Waals surface area contributed by atoms with Crippen molar-refractivity contribution in [2.45, 2.75) is 26.3 Å². The average molecular weight is 276 g/mol. The highest BCUT2D eigenvalue weighted by Gasteiger charge is 2.33. The molecule has 2 atom stereocenters. The molecule has 1 aromatic carbocycles. The second-order valence-electron chi connectivity index (χ2n) is 5.28. The fourth-order valence-corrected chi connectivity index (χ4v) is 2.62. The molecule has 0 aliphatic carbocycles. The van der Waals surface area contributed by atoms with Gasteiger partial charge >= 0.3 is 0 Å². The van der Waals surface area contributed by atoms with E-state index in [0.29, 0.717) is 19.8 Å². The summed E-state index contributed by atoms with van der Waals surface area (Å²) in [6.45, 7) is 6.84. The van der Waals surface area contributed by atoms with Crippen LogP contribution in [0.25, 0.3) is 0 Å². The molecule has 0 spiro atoms. The van der Waals surface area contributed by atoms with Crippen LogP contribution < -0.4 is 10.6 Å². The minimum atomic E-state index is -0.0631. The zero-order chi connectivity index (χ0) is 14.4. The van der Waals surface area contributed by atoms with Crippen LogP contribution in [0.1, 0.15) is 18.1 Å². The standard InChI is InChI=1S/C16H24N2O2/c1-3-17-15-11-20-10-14(15)16(19)18-9-8-13-7-5-4-6-12(13)2/h4-7,14-15,17H,3,8-11H2,1-2H3,(H,18,19). The third kappa shape index (κ3) is 3.81. The number of rotatable bonds is 6. The lowest BCUT2D eigenvalue weighted by Crippen LogP contribution is -2.44. The van der Waals surface area contributed by atoms with E-state index in [1.165, 1.54) is 11.1 Å². The van der Waals surface area contributed by atoms with Crippen LogP contribution in [0.2, 0.25) is 0 Å². The van der Waals surface area contributed by atoms with Gasteiger partial charge in [0, 0.05) is 12.6 Å². The number of ether oxygens (including phenoxy) is 1. The van der Waals surface area contributed by atoms with Crippen molar-refractivity contribution in [1.82, 2.24) is 10.6 Å². The Morgan fingerprint density at radius 1 is 1.35 bits per heavy atom. The predicted molar refractivity (Wildman–Crippen MR) is 79.7 cm³/mol. The molecule has 1 aliphatic heterocycles. The van der Waals surface area contributed by atoms with Gasteiger partial charge in [0.15, 0.2) is 0 Å². The topological polar surface area (TPSA) is 50.4 Å². The molecule has 0 bridgehead atoms. The summed E-state index contributed by atoms with van der Waals surface area (Å²) in [7, 11) is 0. The van der Waals surface area contributed by atoms with Crippen LogP contribution in [0.5, 0.6) is 0 Å². The molecule has 0 aromatic heterocycles. The molecule has 1 heterocycles. The van der Waals surface area contributed by atoms with E-state index in [4.69, 9.17) is 4.74 Å². The quantitative estimate of drug-likeness (QED) is 0.823.